The lowest BCUT2D eigenvalue weighted by atomic mass is 10.1. The lowest BCUT2D eigenvalue weighted by molar-refractivity contribution is -0.137. The van der Waals surface area contributed by atoms with E-state index in [1.54, 1.807) is 4.68 Å². The summed E-state index contributed by atoms with van der Waals surface area (Å²) in [7, 11) is 0. The lowest BCUT2D eigenvalue weighted by Gasteiger charge is -2.13. The minimum absolute atomic E-state index is 0.000919. The molecule has 0 saturated carbocycles. The highest BCUT2D eigenvalue weighted by molar-refractivity contribution is 5.85. The van der Waals surface area contributed by atoms with E-state index < -0.39 is 11.7 Å². The van der Waals surface area contributed by atoms with Crippen LogP contribution in [-0.2, 0) is 6.18 Å². The molecule has 0 aliphatic rings. The quantitative estimate of drug-likeness (QED) is 0.799. The Labute approximate surface area is 114 Å². The van der Waals surface area contributed by atoms with Crippen LogP contribution in [0.2, 0.25) is 0 Å². The Balaban J connectivity index is 2.51. The Morgan fingerprint density at radius 3 is 2.25 bits per heavy atom. The highest BCUT2D eigenvalue weighted by Gasteiger charge is 2.30. The molecule has 2 aromatic rings. The first kappa shape index (κ1) is 14.3. The van der Waals surface area contributed by atoms with Crippen molar-refractivity contribution in [1.29, 1.82) is 0 Å². The molecule has 20 heavy (non-hydrogen) atoms. The summed E-state index contributed by atoms with van der Waals surface area (Å²) in [6.45, 7) is 3.77. The van der Waals surface area contributed by atoms with Crippen molar-refractivity contribution in [3.8, 4) is 11.3 Å². The van der Waals surface area contributed by atoms with Gasteiger partial charge in [-0.2, -0.15) is 18.3 Å². The number of hydrogen-bond donors (Lipinski definition) is 0. The van der Waals surface area contributed by atoms with Gasteiger partial charge in [-0.1, -0.05) is 12.1 Å². The van der Waals surface area contributed by atoms with Crippen molar-refractivity contribution in [3.63, 3.8) is 0 Å². The second kappa shape index (κ2) is 5.11. The van der Waals surface area contributed by atoms with Crippen molar-refractivity contribution in [2.75, 3.05) is 0 Å². The van der Waals surface area contributed by atoms with Gasteiger partial charge in [-0.3, -0.25) is 9.48 Å². The Morgan fingerprint density at radius 1 is 1.20 bits per heavy atom. The second-order valence-electron chi connectivity index (χ2n) is 4.68. The van der Waals surface area contributed by atoms with E-state index in [1.165, 1.54) is 18.3 Å². The molecule has 0 N–H and O–H groups in total. The fraction of sp³-hybridized carbons (Fsp3) is 0.286. The first-order valence-corrected chi connectivity index (χ1v) is 6.05. The van der Waals surface area contributed by atoms with E-state index in [4.69, 9.17) is 0 Å². The van der Waals surface area contributed by atoms with Gasteiger partial charge in [-0.05, 0) is 26.0 Å². The SMILES string of the molecule is CC(C)n1ncc(C=O)c1-c1ccc(C(F)(F)F)cc1. The van der Waals surface area contributed by atoms with Gasteiger partial charge < -0.3 is 0 Å². The summed E-state index contributed by atoms with van der Waals surface area (Å²) in [6.07, 6.45) is -2.30. The van der Waals surface area contributed by atoms with Crippen molar-refractivity contribution in [3.05, 3.63) is 41.6 Å². The van der Waals surface area contributed by atoms with E-state index in [0.29, 0.717) is 23.1 Å². The monoisotopic (exact) mass is 282 g/mol. The van der Waals surface area contributed by atoms with Crippen molar-refractivity contribution in [2.45, 2.75) is 26.1 Å². The molecule has 0 radical (unpaired) electrons. The van der Waals surface area contributed by atoms with Gasteiger partial charge in [0.05, 0.1) is 23.0 Å². The van der Waals surface area contributed by atoms with Crippen molar-refractivity contribution < 1.29 is 18.0 Å². The van der Waals surface area contributed by atoms with E-state index in [0.717, 1.165) is 12.1 Å². The van der Waals surface area contributed by atoms with E-state index >= 15 is 0 Å². The molecule has 0 fully saturated rings. The van der Waals surface area contributed by atoms with Crippen LogP contribution in [-0.4, -0.2) is 16.1 Å². The molecule has 0 aliphatic carbocycles. The number of benzene rings is 1. The molecular formula is C14H13F3N2O. The molecule has 1 aromatic carbocycles. The smallest absolute Gasteiger partial charge is 0.298 e. The third-order valence-corrected chi connectivity index (χ3v) is 2.93. The van der Waals surface area contributed by atoms with Crippen LogP contribution in [0.4, 0.5) is 13.2 Å². The van der Waals surface area contributed by atoms with Gasteiger partial charge in [0.2, 0.25) is 0 Å². The van der Waals surface area contributed by atoms with E-state index in [9.17, 15) is 18.0 Å². The van der Waals surface area contributed by atoms with Crippen LogP contribution < -0.4 is 0 Å². The van der Waals surface area contributed by atoms with Gasteiger partial charge >= 0.3 is 6.18 Å². The van der Waals surface area contributed by atoms with Crippen LogP contribution >= 0.6 is 0 Å². The Kier molecular flexibility index (Phi) is 3.65. The Hall–Kier alpha value is -2.11. The summed E-state index contributed by atoms with van der Waals surface area (Å²) in [5.74, 6) is 0. The maximum Gasteiger partial charge on any atom is 0.416 e. The number of carbonyl (C=O) groups is 1. The summed E-state index contributed by atoms with van der Waals surface area (Å²) in [4.78, 5) is 11.0. The molecule has 2 rings (SSSR count). The third-order valence-electron chi connectivity index (χ3n) is 2.93. The molecule has 1 heterocycles. The predicted octanol–water partition coefficient (Wildman–Crippen LogP) is 3.96. The van der Waals surface area contributed by atoms with Crippen LogP contribution in [0.1, 0.15) is 35.8 Å². The molecule has 1 aromatic heterocycles. The van der Waals surface area contributed by atoms with Gasteiger partial charge in [0.15, 0.2) is 6.29 Å². The van der Waals surface area contributed by atoms with E-state index in [-0.39, 0.29) is 6.04 Å². The first-order chi connectivity index (χ1) is 9.34. The van der Waals surface area contributed by atoms with Crippen LogP contribution in [0.3, 0.4) is 0 Å². The topological polar surface area (TPSA) is 34.9 Å². The normalized spacial score (nSPS) is 11.9. The van der Waals surface area contributed by atoms with Gasteiger partial charge in [0, 0.05) is 11.6 Å². The maximum absolute atomic E-state index is 12.5. The predicted molar refractivity (Wildman–Crippen MR) is 68.4 cm³/mol. The zero-order valence-corrected chi connectivity index (χ0v) is 11.0. The molecule has 0 aliphatic heterocycles. The lowest BCUT2D eigenvalue weighted by Crippen LogP contribution is -2.07. The highest BCUT2D eigenvalue weighted by Crippen LogP contribution is 2.32. The number of hydrogen-bond acceptors (Lipinski definition) is 2. The fourth-order valence-corrected chi connectivity index (χ4v) is 1.97. The molecule has 0 unspecified atom stereocenters. The molecule has 6 heteroatoms. The number of carbonyl (C=O) groups excluding carboxylic acids is 1. The van der Waals surface area contributed by atoms with Crippen LogP contribution in [0.15, 0.2) is 30.5 Å². The molecule has 3 nitrogen and oxygen atoms in total. The number of halogens is 3. The Bertz CT molecular complexity index is 612. The number of nitrogens with zero attached hydrogens (tertiary/aromatic N) is 2. The minimum Gasteiger partial charge on any atom is -0.298 e. The fourth-order valence-electron chi connectivity index (χ4n) is 1.97. The van der Waals surface area contributed by atoms with Crippen LogP contribution in [0.25, 0.3) is 11.3 Å². The molecule has 0 amide bonds. The molecule has 106 valence electrons. The maximum atomic E-state index is 12.5. The number of aldehydes is 1. The minimum atomic E-state index is -4.37. The van der Waals surface area contributed by atoms with Crippen LogP contribution in [0, 0.1) is 0 Å². The molecule has 0 saturated heterocycles. The highest BCUT2D eigenvalue weighted by atomic mass is 19.4. The summed E-state index contributed by atoms with van der Waals surface area (Å²) in [5, 5.41) is 4.10. The van der Waals surface area contributed by atoms with Gasteiger partial charge in [0.25, 0.3) is 0 Å². The standard InChI is InChI=1S/C14H13F3N2O/c1-9(2)19-13(11(8-20)7-18-19)10-3-5-12(6-4-10)14(15,16)17/h3-9H,1-2H3. The van der Waals surface area contributed by atoms with Gasteiger partial charge in [-0.15, -0.1) is 0 Å². The van der Waals surface area contributed by atoms with Gasteiger partial charge in [0.1, 0.15) is 0 Å². The largest absolute Gasteiger partial charge is 0.416 e. The van der Waals surface area contributed by atoms with E-state index in [1.807, 2.05) is 13.8 Å². The number of alkyl halides is 3. The molecule has 0 spiro atoms. The summed E-state index contributed by atoms with van der Waals surface area (Å²) in [5.41, 5.74) is 0.706. The molecular weight excluding hydrogens is 269 g/mol. The number of aromatic nitrogens is 2. The average molecular weight is 282 g/mol. The van der Waals surface area contributed by atoms with Crippen LogP contribution in [0.5, 0.6) is 0 Å². The molecule has 0 bridgehead atoms. The summed E-state index contributed by atoms with van der Waals surface area (Å²) < 4.78 is 39.2. The molecule has 0 atom stereocenters. The second-order valence-corrected chi connectivity index (χ2v) is 4.68. The zero-order chi connectivity index (χ0) is 14.9. The van der Waals surface area contributed by atoms with Crippen molar-refractivity contribution >= 4 is 6.29 Å². The van der Waals surface area contributed by atoms with Crippen molar-refractivity contribution in [2.24, 2.45) is 0 Å². The van der Waals surface area contributed by atoms with Gasteiger partial charge in [-0.25, -0.2) is 0 Å². The summed E-state index contributed by atoms with van der Waals surface area (Å²) in [6, 6.07) is 4.71. The third kappa shape index (κ3) is 2.59. The van der Waals surface area contributed by atoms with Crippen molar-refractivity contribution in [1.82, 2.24) is 9.78 Å². The first-order valence-electron chi connectivity index (χ1n) is 6.05. The zero-order valence-electron chi connectivity index (χ0n) is 11.0. The average Bonchev–Trinajstić information content (AvgIpc) is 2.81. The summed E-state index contributed by atoms with van der Waals surface area (Å²) >= 11 is 0. The number of rotatable bonds is 3. The van der Waals surface area contributed by atoms with E-state index in [2.05, 4.69) is 5.10 Å². The Morgan fingerprint density at radius 2 is 1.80 bits per heavy atom.